The summed E-state index contributed by atoms with van der Waals surface area (Å²) in [6, 6.07) is 7.21. The zero-order valence-corrected chi connectivity index (χ0v) is 15.7. The van der Waals surface area contributed by atoms with Crippen molar-refractivity contribution in [2.45, 2.75) is 26.4 Å². The molecule has 1 aliphatic heterocycles. The van der Waals surface area contributed by atoms with Crippen molar-refractivity contribution in [3.63, 3.8) is 0 Å². The lowest BCUT2D eigenvalue weighted by Crippen LogP contribution is -2.50. The van der Waals surface area contributed by atoms with Gasteiger partial charge in [-0.25, -0.2) is 14.8 Å². The molecule has 2 heterocycles. The van der Waals surface area contributed by atoms with Crippen LogP contribution in [0.2, 0.25) is 5.15 Å². The van der Waals surface area contributed by atoms with E-state index in [1.165, 1.54) is 0 Å². The minimum Gasteiger partial charge on any atom is -0.444 e. The van der Waals surface area contributed by atoms with Gasteiger partial charge >= 0.3 is 6.09 Å². The number of fused-ring (bicyclic) bond motifs is 1. The molecule has 0 spiro atoms. The van der Waals surface area contributed by atoms with E-state index in [0.29, 0.717) is 53.7 Å². The van der Waals surface area contributed by atoms with E-state index in [9.17, 15) is 4.79 Å². The molecule has 0 aliphatic carbocycles. The molecule has 26 heavy (non-hydrogen) atoms. The van der Waals surface area contributed by atoms with E-state index in [2.05, 4.69) is 16.0 Å². The number of carbonyl (C=O) groups excluding carboxylic acids is 1. The van der Waals surface area contributed by atoms with E-state index < -0.39 is 5.60 Å². The van der Waals surface area contributed by atoms with Crippen LogP contribution in [0.3, 0.4) is 0 Å². The van der Waals surface area contributed by atoms with Crippen LogP contribution in [0.25, 0.3) is 11.0 Å². The van der Waals surface area contributed by atoms with Gasteiger partial charge in [0.25, 0.3) is 0 Å². The summed E-state index contributed by atoms with van der Waals surface area (Å²) in [5, 5.41) is 9.27. The zero-order chi connectivity index (χ0) is 18.9. The molecular weight excluding hydrogens is 354 g/mol. The second-order valence-electron chi connectivity index (χ2n) is 7.11. The van der Waals surface area contributed by atoms with Crippen LogP contribution in [0.5, 0.6) is 0 Å². The Balaban J connectivity index is 1.74. The van der Waals surface area contributed by atoms with Crippen LogP contribution in [0, 0.1) is 11.3 Å². The number of anilines is 1. The van der Waals surface area contributed by atoms with Gasteiger partial charge in [0.2, 0.25) is 0 Å². The highest BCUT2D eigenvalue weighted by atomic mass is 35.5. The molecule has 1 aromatic heterocycles. The molecule has 2 aromatic rings. The summed E-state index contributed by atoms with van der Waals surface area (Å²) < 4.78 is 5.41. The van der Waals surface area contributed by atoms with Gasteiger partial charge in [-0.1, -0.05) is 11.6 Å². The Labute approximate surface area is 157 Å². The van der Waals surface area contributed by atoms with Crippen LogP contribution in [0.4, 0.5) is 10.6 Å². The summed E-state index contributed by atoms with van der Waals surface area (Å²) in [7, 11) is 0. The number of aromatic nitrogens is 2. The van der Waals surface area contributed by atoms with Crippen molar-refractivity contribution in [2.75, 3.05) is 31.1 Å². The number of rotatable bonds is 1. The van der Waals surface area contributed by atoms with Crippen molar-refractivity contribution in [1.29, 1.82) is 5.26 Å². The van der Waals surface area contributed by atoms with Gasteiger partial charge in [-0.15, -0.1) is 0 Å². The number of piperazine rings is 1. The van der Waals surface area contributed by atoms with E-state index in [1.54, 1.807) is 23.1 Å². The third kappa shape index (κ3) is 3.97. The van der Waals surface area contributed by atoms with Gasteiger partial charge in [-0.05, 0) is 39.0 Å². The summed E-state index contributed by atoms with van der Waals surface area (Å²) in [6.45, 7) is 7.79. The molecule has 3 rings (SSSR count). The second-order valence-corrected chi connectivity index (χ2v) is 7.47. The molecule has 1 aromatic carbocycles. The maximum atomic E-state index is 12.2. The Morgan fingerprint density at radius 2 is 1.88 bits per heavy atom. The molecular formula is C18H20ClN5O2. The standard InChI is InChI=1S/C18H20ClN5O2/c1-18(2,3)26-17(25)24-8-6-23(7-9-24)16-15(19)21-14-10-12(11-20)4-5-13(14)22-16/h4-5,10H,6-9H2,1-3H3. The van der Waals surface area contributed by atoms with Crippen molar-refractivity contribution in [3.8, 4) is 6.07 Å². The number of hydrogen-bond acceptors (Lipinski definition) is 6. The number of halogens is 1. The molecule has 0 unspecified atom stereocenters. The number of nitriles is 1. The third-order valence-electron chi connectivity index (χ3n) is 3.96. The molecule has 1 amide bonds. The zero-order valence-electron chi connectivity index (χ0n) is 15.0. The maximum absolute atomic E-state index is 12.2. The molecule has 7 nitrogen and oxygen atoms in total. The molecule has 0 atom stereocenters. The van der Waals surface area contributed by atoms with Crippen molar-refractivity contribution in [3.05, 3.63) is 28.9 Å². The lowest BCUT2D eigenvalue weighted by molar-refractivity contribution is 0.0240. The molecule has 0 N–H and O–H groups in total. The van der Waals surface area contributed by atoms with Crippen molar-refractivity contribution >= 4 is 34.5 Å². The Bertz CT molecular complexity index is 880. The van der Waals surface area contributed by atoms with Gasteiger partial charge in [0.15, 0.2) is 11.0 Å². The van der Waals surface area contributed by atoms with E-state index in [4.69, 9.17) is 21.6 Å². The highest BCUT2D eigenvalue weighted by molar-refractivity contribution is 6.32. The molecule has 0 radical (unpaired) electrons. The van der Waals surface area contributed by atoms with E-state index in [-0.39, 0.29) is 6.09 Å². The molecule has 8 heteroatoms. The average Bonchev–Trinajstić information content (AvgIpc) is 2.59. The highest BCUT2D eigenvalue weighted by Crippen LogP contribution is 2.26. The quantitative estimate of drug-likeness (QED) is 0.763. The Hall–Kier alpha value is -2.59. The number of benzene rings is 1. The van der Waals surface area contributed by atoms with Gasteiger partial charge in [0.05, 0.1) is 22.7 Å². The molecule has 136 valence electrons. The Morgan fingerprint density at radius 1 is 1.19 bits per heavy atom. The van der Waals surface area contributed by atoms with Crippen molar-refractivity contribution in [1.82, 2.24) is 14.9 Å². The monoisotopic (exact) mass is 373 g/mol. The van der Waals surface area contributed by atoms with Crippen LogP contribution in [-0.4, -0.2) is 52.7 Å². The van der Waals surface area contributed by atoms with Crippen molar-refractivity contribution < 1.29 is 9.53 Å². The molecule has 0 bridgehead atoms. The first kappa shape index (κ1) is 18.2. The predicted molar refractivity (Wildman–Crippen MR) is 99.3 cm³/mol. The van der Waals surface area contributed by atoms with Crippen LogP contribution >= 0.6 is 11.6 Å². The maximum Gasteiger partial charge on any atom is 0.410 e. The topological polar surface area (TPSA) is 82.4 Å². The predicted octanol–water partition coefficient (Wildman–Crippen LogP) is 3.21. The summed E-state index contributed by atoms with van der Waals surface area (Å²) in [4.78, 5) is 24.8. The van der Waals surface area contributed by atoms with Gasteiger partial charge in [-0.2, -0.15) is 5.26 Å². The number of ether oxygens (including phenoxy) is 1. The summed E-state index contributed by atoms with van der Waals surface area (Å²) >= 11 is 6.31. The van der Waals surface area contributed by atoms with Crippen LogP contribution < -0.4 is 4.90 Å². The molecule has 1 aliphatic rings. The van der Waals surface area contributed by atoms with Crippen LogP contribution in [0.1, 0.15) is 26.3 Å². The first-order valence-electron chi connectivity index (χ1n) is 8.37. The van der Waals surface area contributed by atoms with Gasteiger partial charge < -0.3 is 14.5 Å². The Morgan fingerprint density at radius 3 is 2.50 bits per heavy atom. The average molecular weight is 374 g/mol. The van der Waals surface area contributed by atoms with Crippen molar-refractivity contribution in [2.24, 2.45) is 0 Å². The van der Waals surface area contributed by atoms with Gasteiger partial charge in [-0.3, -0.25) is 0 Å². The number of carbonyl (C=O) groups is 1. The second kappa shape index (κ2) is 6.96. The van der Waals surface area contributed by atoms with Crippen LogP contribution in [-0.2, 0) is 4.74 Å². The smallest absolute Gasteiger partial charge is 0.410 e. The molecule has 1 saturated heterocycles. The highest BCUT2D eigenvalue weighted by Gasteiger charge is 2.27. The molecule has 1 fully saturated rings. The fourth-order valence-corrected chi connectivity index (χ4v) is 2.97. The summed E-state index contributed by atoms with van der Waals surface area (Å²) in [6.07, 6.45) is -0.308. The van der Waals surface area contributed by atoms with Gasteiger partial charge in [0.1, 0.15) is 5.60 Å². The minimum atomic E-state index is -0.510. The fourth-order valence-electron chi connectivity index (χ4n) is 2.72. The van der Waals surface area contributed by atoms with E-state index >= 15 is 0 Å². The van der Waals surface area contributed by atoms with Crippen LogP contribution in [0.15, 0.2) is 18.2 Å². The first-order valence-corrected chi connectivity index (χ1v) is 8.75. The van der Waals surface area contributed by atoms with Gasteiger partial charge in [0, 0.05) is 26.2 Å². The fraction of sp³-hybridized carbons (Fsp3) is 0.444. The number of nitrogens with zero attached hydrogens (tertiary/aromatic N) is 5. The lowest BCUT2D eigenvalue weighted by atomic mass is 10.2. The van der Waals surface area contributed by atoms with E-state index in [1.807, 2.05) is 25.7 Å². The third-order valence-corrected chi connectivity index (χ3v) is 4.22. The normalized spacial score (nSPS) is 15.0. The number of amides is 1. The molecule has 0 saturated carbocycles. The first-order chi connectivity index (χ1) is 12.3. The Kier molecular flexibility index (Phi) is 4.88. The summed E-state index contributed by atoms with van der Waals surface area (Å²) in [5.74, 6) is 0.590. The lowest BCUT2D eigenvalue weighted by Gasteiger charge is -2.36. The number of hydrogen-bond donors (Lipinski definition) is 0. The van der Waals surface area contributed by atoms with E-state index in [0.717, 1.165) is 0 Å². The SMILES string of the molecule is CC(C)(C)OC(=O)N1CCN(c2nc3ccc(C#N)cc3nc2Cl)CC1. The largest absolute Gasteiger partial charge is 0.444 e. The summed E-state index contributed by atoms with van der Waals surface area (Å²) in [5.41, 5.74) is 1.27. The minimum absolute atomic E-state index is 0.290.